The second-order valence-corrected chi connectivity index (χ2v) is 5.62. The van der Waals surface area contributed by atoms with Gasteiger partial charge in [-0.2, -0.15) is 5.10 Å². The first kappa shape index (κ1) is 14.3. The minimum atomic E-state index is -0.0719. The first-order valence-corrected chi connectivity index (χ1v) is 7.64. The van der Waals surface area contributed by atoms with Crippen molar-refractivity contribution in [2.45, 2.75) is 13.5 Å². The van der Waals surface area contributed by atoms with Crippen LogP contribution < -0.4 is 10.6 Å². The zero-order chi connectivity index (χ0) is 15.4. The molecule has 3 aromatic rings. The van der Waals surface area contributed by atoms with E-state index >= 15 is 0 Å². The Bertz CT molecular complexity index is 749. The molecule has 0 fully saturated rings. The molecule has 1 amide bonds. The normalized spacial score (nSPS) is 10.4. The van der Waals surface area contributed by atoms with Crippen LogP contribution in [0.1, 0.15) is 12.5 Å². The fourth-order valence-electron chi connectivity index (χ4n) is 2.04. The van der Waals surface area contributed by atoms with Gasteiger partial charge < -0.3 is 10.6 Å². The molecule has 0 spiro atoms. The maximum atomic E-state index is 11.0. The lowest BCUT2D eigenvalue weighted by Gasteiger charge is -2.07. The molecule has 0 saturated heterocycles. The Morgan fingerprint density at radius 2 is 2.14 bits per heavy atom. The number of nitrogens with one attached hydrogen (secondary N) is 3. The highest BCUT2D eigenvalue weighted by Crippen LogP contribution is 2.27. The average molecular weight is 313 g/mol. The number of anilines is 2. The summed E-state index contributed by atoms with van der Waals surface area (Å²) in [6.07, 6.45) is 3.52. The molecule has 0 unspecified atom stereocenters. The van der Waals surface area contributed by atoms with E-state index < -0.39 is 0 Å². The van der Waals surface area contributed by atoms with Crippen LogP contribution >= 0.6 is 11.3 Å². The van der Waals surface area contributed by atoms with Crippen LogP contribution in [0.5, 0.6) is 0 Å². The van der Waals surface area contributed by atoms with E-state index in [9.17, 15) is 4.79 Å². The predicted molar refractivity (Wildman–Crippen MR) is 87.8 cm³/mol. The van der Waals surface area contributed by atoms with Gasteiger partial charge in [0.1, 0.15) is 10.7 Å². The van der Waals surface area contributed by atoms with Crippen molar-refractivity contribution in [1.82, 2.24) is 15.2 Å². The molecule has 7 heteroatoms. The number of H-pyrrole nitrogens is 1. The van der Waals surface area contributed by atoms with E-state index in [0.29, 0.717) is 6.54 Å². The molecule has 6 nitrogen and oxygen atoms in total. The van der Waals surface area contributed by atoms with Crippen molar-refractivity contribution in [2.75, 3.05) is 10.6 Å². The van der Waals surface area contributed by atoms with Crippen LogP contribution in [0.25, 0.3) is 10.7 Å². The van der Waals surface area contributed by atoms with Gasteiger partial charge in [-0.1, -0.05) is 12.1 Å². The van der Waals surface area contributed by atoms with Gasteiger partial charge in [0, 0.05) is 30.7 Å². The number of nitrogens with zero attached hydrogens (tertiary/aromatic N) is 2. The minimum absolute atomic E-state index is 0.0719. The third kappa shape index (κ3) is 3.32. The molecule has 0 aliphatic rings. The van der Waals surface area contributed by atoms with Gasteiger partial charge in [-0.05, 0) is 17.7 Å². The molecule has 0 saturated carbocycles. The van der Waals surface area contributed by atoms with Crippen molar-refractivity contribution >= 4 is 28.6 Å². The third-order valence-corrected chi connectivity index (χ3v) is 3.83. The van der Waals surface area contributed by atoms with Gasteiger partial charge in [0.05, 0.1) is 11.9 Å². The van der Waals surface area contributed by atoms with E-state index in [2.05, 4.69) is 25.8 Å². The van der Waals surface area contributed by atoms with Gasteiger partial charge >= 0.3 is 0 Å². The van der Waals surface area contributed by atoms with Gasteiger partial charge in [0.2, 0.25) is 5.91 Å². The molecule has 0 atom stereocenters. The Balaban J connectivity index is 1.66. The lowest BCUT2D eigenvalue weighted by molar-refractivity contribution is -0.114. The molecule has 2 heterocycles. The Hall–Kier alpha value is -2.67. The molecule has 3 N–H and O–H groups in total. The Kier molecular flexibility index (Phi) is 4.15. The summed E-state index contributed by atoms with van der Waals surface area (Å²) in [6.45, 7) is 2.16. The first-order chi connectivity index (χ1) is 10.7. The molecule has 0 aliphatic heterocycles. The van der Waals surface area contributed by atoms with Crippen LogP contribution in [0, 0.1) is 0 Å². The molecule has 2 aromatic heterocycles. The number of carbonyl (C=O) groups excluding carboxylic acids is 1. The summed E-state index contributed by atoms with van der Waals surface area (Å²) in [7, 11) is 0. The van der Waals surface area contributed by atoms with Crippen molar-refractivity contribution < 1.29 is 4.79 Å². The van der Waals surface area contributed by atoms with E-state index in [-0.39, 0.29) is 5.91 Å². The largest absolute Gasteiger partial charge is 0.378 e. The Morgan fingerprint density at radius 3 is 2.82 bits per heavy atom. The standard InChI is InChI=1S/C15H15N5OS/c1-10(21)19-12-4-2-11(3-5-12)8-17-13-9-18-20-14(13)15-16-6-7-22-15/h2-7,9,17H,8H2,1H3,(H,18,20)(H,19,21). The van der Waals surface area contributed by atoms with Crippen LogP contribution in [-0.2, 0) is 11.3 Å². The van der Waals surface area contributed by atoms with E-state index in [1.807, 2.05) is 29.6 Å². The minimum Gasteiger partial charge on any atom is -0.378 e. The number of thiazole rings is 1. The van der Waals surface area contributed by atoms with Gasteiger partial charge in [-0.15, -0.1) is 11.3 Å². The van der Waals surface area contributed by atoms with Crippen LogP contribution in [0.3, 0.4) is 0 Å². The van der Waals surface area contributed by atoms with Crippen LogP contribution in [-0.4, -0.2) is 21.1 Å². The number of rotatable bonds is 5. The summed E-state index contributed by atoms with van der Waals surface area (Å²) in [5, 5.41) is 16.0. The second kappa shape index (κ2) is 6.40. The van der Waals surface area contributed by atoms with Crippen LogP contribution in [0.2, 0.25) is 0 Å². The first-order valence-electron chi connectivity index (χ1n) is 6.76. The van der Waals surface area contributed by atoms with E-state index in [1.165, 1.54) is 6.92 Å². The molecular weight excluding hydrogens is 298 g/mol. The van der Waals surface area contributed by atoms with Crippen molar-refractivity contribution in [3.63, 3.8) is 0 Å². The van der Waals surface area contributed by atoms with Gasteiger partial charge in [-0.3, -0.25) is 9.89 Å². The number of hydrogen-bond acceptors (Lipinski definition) is 5. The number of aromatic amines is 1. The fourth-order valence-corrected chi connectivity index (χ4v) is 2.68. The maximum Gasteiger partial charge on any atom is 0.221 e. The molecule has 0 bridgehead atoms. The van der Waals surface area contributed by atoms with Gasteiger partial charge in [0.15, 0.2) is 0 Å². The highest BCUT2D eigenvalue weighted by atomic mass is 32.1. The molecule has 112 valence electrons. The van der Waals surface area contributed by atoms with Crippen molar-refractivity contribution in [2.24, 2.45) is 0 Å². The maximum absolute atomic E-state index is 11.0. The molecule has 22 heavy (non-hydrogen) atoms. The topological polar surface area (TPSA) is 82.7 Å². The highest BCUT2D eigenvalue weighted by molar-refractivity contribution is 7.13. The van der Waals surface area contributed by atoms with Crippen molar-refractivity contribution in [3.8, 4) is 10.7 Å². The molecule has 0 radical (unpaired) electrons. The van der Waals surface area contributed by atoms with Gasteiger partial charge in [0.25, 0.3) is 0 Å². The summed E-state index contributed by atoms with van der Waals surface area (Å²) >= 11 is 1.56. The summed E-state index contributed by atoms with van der Waals surface area (Å²) in [6, 6.07) is 7.72. The van der Waals surface area contributed by atoms with Crippen LogP contribution in [0.4, 0.5) is 11.4 Å². The monoisotopic (exact) mass is 313 g/mol. The van der Waals surface area contributed by atoms with E-state index in [4.69, 9.17) is 0 Å². The van der Waals surface area contributed by atoms with Crippen molar-refractivity contribution in [1.29, 1.82) is 0 Å². The summed E-state index contributed by atoms with van der Waals surface area (Å²) in [5.41, 5.74) is 3.72. The Labute approximate surface area is 131 Å². The molecule has 1 aromatic carbocycles. The molecule has 3 rings (SSSR count). The Morgan fingerprint density at radius 1 is 1.32 bits per heavy atom. The SMILES string of the molecule is CC(=O)Nc1ccc(CNc2cn[nH]c2-c2nccs2)cc1. The zero-order valence-electron chi connectivity index (χ0n) is 12.0. The van der Waals surface area contributed by atoms with E-state index in [1.54, 1.807) is 23.7 Å². The lowest BCUT2D eigenvalue weighted by atomic mass is 10.2. The second-order valence-electron chi connectivity index (χ2n) is 4.73. The lowest BCUT2D eigenvalue weighted by Crippen LogP contribution is -2.06. The summed E-state index contributed by atoms with van der Waals surface area (Å²) in [5.74, 6) is -0.0719. The van der Waals surface area contributed by atoms with Crippen molar-refractivity contribution in [3.05, 3.63) is 47.6 Å². The number of carbonyl (C=O) groups is 1. The summed E-state index contributed by atoms with van der Waals surface area (Å²) in [4.78, 5) is 15.3. The summed E-state index contributed by atoms with van der Waals surface area (Å²) < 4.78 is 0. The number of amides is 1. The molecular formula is C15H15N5OS. The smallest absolute Gasteiger partial charge is 0.221 e. The average Bonchev–Trinajstić information content (AvgIpc) is 3.17. The van der Waals surface area contributed by atoms with E-state index in [0.717, 1.165) is 27.6 Å². The third-order valence-electron chi connectivity index (χ3n) is 3.04. The predicted octanol–water partition coefficient (Wildman–Crippen LogP) is 3.10. The number of hydrogen-bond donors (Lipinski definition) is 3. The quantitative estimate of drug-likeness (QED) is 0.676. The van der Waals surface area contributed by atoms with Crippen LogP contribution in [0.15, 0.2) is 42.0 Å². The molecule has 0 aliphatic carbocycles. The number of aromatic nitrogens is 3. The van der Waals surface area contributed by atoms with Gasteiger partial charge in [-0.25, -0.2) is 4.98 Å². The highest BCUT2D eigenvalue weighted by Gasteiger charge is 2.09. The number of benzene rings is 1. The zero-order valence-corrected chi connectivity index (χ0v) is 12.8. The fraction of sp³-hybridized carbons (Fsp3) is 0.133.